The Kier molecular flexibility index (Phi) is 8.73. The Bertz CT molecular complexity index is 307. The Morgan fingerprint density at radius 2 is 2.07 bits per heavy atom. The van der Waals surface area contributed by atoms with Gasteiger partial charge >= 0.3 is 127 Å². The largest absolute Gasteiger partial charge is 1.00 e. The molecule has 0 aliphatic rings. The molecule has 0 aliphatic carbocycles. The molecule has 0 atom stereocenters. The molecule has 0 fully saturated rings. The molecular formula is C9H8HgNaO2S. The molecule has 5 heteroatoms. The molecule has 0 aliphatic heterocycles. The molecule has 0 spiro atoms. The molecule has 0 aromatic heterocycles. The zero-order chi connectivity index (χ0) is 9.68. The van der Waals surface area contributed by atoms with E-state index in [-0.39, 0.29) is 27.7 Å². The molecule has 65 valence electrons. The summed E-state index contributed by atoms with van der Waals surface area (Å²) in [5.41, 5.74) is 0.308. The minimum Gasteiger partial charge on any atom is 1.00 e. The van der Waals surface area contributed by atoms with Crippen molar-refractivity contribution >= 4 is 45.7 Å². The molecule has 14 heavy (non-hydrogen) atoms. The molecule has 0 unspecified atom stereocenters. The first-order valence-corrected chi connectivity index (χ1v) is 6.59. The summed E-state index contributed by atoms with van der Waals surface area (Å²) in [6, 6.07) is 6.98. The predicted molar refractivity (Wildman–Crippen MR) is 52.1 cm³/mol. The second-order valence-corrected chi connectivity index (χ2v) is 4.77. The fraction of sp³-hybridized carbons (Fsp3) is 0.222. The van der Waals surface area contributed by atoms with Crippen LogP contribution in [0.1, 0.15) is 10.4 Å². The van der Waals surface area contributed by atoms with E-state index in [2.05, 4.69) is 0 Å². The number of hydrogen-bond donors (Lipinski definition) is 0. The van der Waals surface area contributed by atoms with Crippen LogP contribution in [0.2, 0.25) is 3.67 Å². The van der Waals surface area contributed by atoms with Crippen molar-refractivity contribution in [1.82, 2.24) is 0 Å². The number of rotatable bonds is 4. The summed E-state index contributed by atoms with van der Waals surface area (Å²) < 4.78 is 1.17. The van der Waals surface area contributed by atoms with Gasteiger partial charge in [-0.25, -0.2) is 0 Å². The zero-order valence-electron chi connectivity index (χ0n) is 8.16. The van der Waals surface area contributed by atoms with Gasteiger partial charge < -0.3 is 0 Å². The summed E-state index contributed by atoms with van der Waals surface area (Å²) in [5, 5.41) is 10.7. The average molecular weight is 404 g/mol. The van der Waals surface area contributed by atoms with Gasteiger partial charge in [0, 0.05) is 0 Å². The maximum atomic E-state index is 10.7. The van der Waals surface area contributed by atoms with Crippen molar-refractivity contribution in [3.8, 4) is 0 Å². The number of hydrogen-bond acceptors (Lipinski definition) is 3. The van der Waals surface area contributed by atoms with Crippen molar-refractivity contribution in [2.24, 2.45) is 0 Å². The van der Waals surface area contributed by atoms with Crippen LogP contribution >= 0.6 is 11.8 Å². The second kappa shape index (κ2) is 8.16. The van der Waals surface area contributed by atoms with Gasteiger partial charge in [-0.05, 0) is 0 Å². The summed E-state index contributed by atoms with van der Waals surface area (Å²) in [4.78, 5) is 11.5. The fourth-order valence-corrected chi connectivity index (χ4v) is 2.49. The van der Waals surface area contributed by atoms with Gasteiger partial charge in [-0.3, -0.25) is 0 Å². The molecule has 0 saturated carbocycles. The van der Waals surface area contributed by atoms with Crippen molar-refractivity contribution in [1.29, 1.82) is 0 Å². The van der Waals surface area contributed by atoms with Crippen LogP contribution < -0.4 is 5.11 Å². The molecule has 1 aromatic carbocycles. The molecule has 2 nitrogen and oxygen atoms in total. The summed E-state index contributed by atoms with van der Waals surface area (Å²) in [7, 11) is 0. The average Bonchev–Trinajstić information content (AvgIpc) is 2.15. The number of carboxylic acids is 1. The van der Waals surface area contributed by atoms with Crippen LogP contribution in [0.5, 0.6) is 0 Å². The van der Waals surface area contributed by atoms with Crippen molar-refractivity contribution in [2.75, 3.05) is 5.75 Å². The molecule has 0 heterocycles. The van der Waals surface area contributed by atoms with E-state index in [0.717, 1.165) is 38.6 Å². The number of carbonyl (C=O) groups is 1. The molecular weight excluding hydrogens is 396 g/mol. The Hall–Kier alpha value is 0.975. The third-order valence-electron chi connectivity index (χ3n) is 1.57. The third kappa shape index (κ3) is 4.66. The fourth-order valence-electron chi connectivity index (χ4n) is 0.973. The van der Waals surface area contributed by atoms with Gasteiger partial charge in [-0.1, -0.05) is 0 Å². The van der Waals surface area contributed by atoms with E-state index in [1.807, 2.05) is 12.1 Å². The van der Waals surface area contributed by atoms with Crippen molar-refractivity contribution < 1.29 is 37.6 Å². The van der Waals surface area contributed by atoms with Gasteiger partial charge in [0.2, 0.25) is 0 Å². The van der Waals surface area contributed by atoms with Gasteiger partial charge in [-0.15, -0.1) is 0 Å². The van der Waals surface area contributed by atoms with Crippen LogP contribution in [0.25, 0.3) is 0 Å². The van der Waals surface area contributed by atoms with Crippen molar-refractivity contribution in [3.05, 3.63) is 29.8 Å². The summed E-state index contributed by atoms with van der Waals surface area (Å²) >= 11 is 2.75. The molecule has 0 bridgehead atoms. The number of carbonyl (C=O) groups excluding carboxylic acids is 1. The Morgan fingerprint density at radius 3 is 2.64 bits per heavy atom. The Morgan fingerprint density at radius 1 is 1.43 bits per heavy atom. The molecule has 0 amide bonds. The number of carboxylic acid groups (broad SMARTS) is 1. The Balaban J connectivity index is 0.00000169. The minimum absolute atomic E-state index is 0. The van der Waals surface area contributed by atoms with E-state index in [1.54, 1.807) is 23.9 Å². The first kappa shape index (κ1) is 15.0. The van der Waals surface area contributed by atoms with E-state index in [1.165, 1.54) is 3.67 Å². The molecule has 0 N–H and O–H groups in total. The summed E-state index contributed by atoms with van der Waals surface area (Å²) in [6.45, 7) is 0. The number of aromatic carboxylic acids is 1. The van der Waals surface area contributed by atoms with Gasteiger partial charge in [0.15, 0.2) is 0 Å². The molecule has 0 saturated heterocycles. The number of thioether (sulfide) groups is 1. The van der Waals surface area contributed by atoms with E-state index in [0.29, 0.717) is 5.56 Å². The van der Waals surface area contributed by atoms with E-state index < -0.39 is 5.97 Å². The van der Waals surface area contributed by atoms with Gasteiger partial charge in [-0.2, -0.15) is 0 Å². The van der Waals surface area contributed by atoms with Crippen LogP contribution in [0.4, 0.5) is 0 Å². The first-order valence-electron chi connectivity index (χ1n) is 4.19. The standard InChI is InChI=1S/C9H9O2S.Hg.Na/c1-2-12-8-6-4-3-5-7(8)9(10)11;;/h3-6H,1-2H2,(H,10,11);;/q;+1;/p-1. The van der Waals surface area contributed by atoms with E-state index in [4.69, 9.17) is 0 Å². The topological polar surface area (TPSA) is 40.1 Å². The smallest absolute Gasteiger partial charge is 1.00 e. The second-order valence-electron chi connectivity index (χ2n) is 2.63. The van der Waals surface area contributed by atoms with Crippen LogP contribution in [-0.4, -0.2) is 39.7 Å². The van der Waals surface area contributed by atoms with Crippen molar-refractivity contribution in [2.45, 2.75) is 8.57 Å². The van der Waals surface area contributed by atoms with Crippen LogP contribution in [0.3, 0.4) is 0 Å². The van der Waals surface area contributed by atoms with Crippen LogP contribution in [-0.2, 0) is 27.7 Å². The molecule has 1 aromatic rings. The summed E-state index contributed by atoms with van der Waals surface area (Å²) in [5.74, 6) is -0.0901. The maximum Gasteiger partial charge on any atom is 1.00 e. The van der Waals surface area contributed by atoms with Gasteiger partial charge in [0.1, 0.15) is 0 Å². The Labute approximate surface area is 126 Å². The minimum atomic E-state index is -1.09. The van der Waals surface area contributed by atoms with Gasteiger partial charge in [0.05, 0.1) is 0 Å². The van der Waals surface area contributed by atoms with E-state index in [9.17, 15) is 9.90 Å². The SMILES string of the molecule is O=C([O-])c1ccccc1SC[CH2][Na].[Hg+]. The molecule has 1 rings (SSSR count). The zero-order valence-corrected chi connectivity index (χ0v) is 16.5. The van der Waals surface area contributed by atoms with Crippen molar-refractivity contribution in [3.63, 3.8) is 0 Å². The van der Waals surface area contributed by atoms with Crippen LogP contribution in [0, 0.1) is 0 Å². The van der Waals surface area contributed by atoms with E-state index >= 15 is 0 Å². The summed E-state index contributed by atoms with van der Waals surface area (Å²) in [6.07, 6.45) is 0. The third-order valence-corrected chi connectivity index (χ3v) is 4.07. The predicted octanol–water partition coefficient (Wildman–Crippen LogP) is 0.726. The molecule has 1 radical (unpaired) electrons. The monoisotopic (exact) mass is 405 g/mol. The maximum absolute atomic E-state index is 10.7. The van der Waals surface area contributed by atoms with Gasteiger partial charge in [0.25, 0.3) is 0 Å². The quantitative estimate of drug-likeness (QED) is 0.549. The normalized spacial score (nSPS) is 9.29. The first-order chi connectivity index (χ1) is 6.25. The van der Waals surface area contributed by atoms with Crippen LogP contribution in [0.15, 0.2) is 29.2 Å². The number of benzene rings is 1.